The van der Waals surface area contributed by atoms with Crippen molar-refractivity contribution in [1.82, 2.24) is 0 Å². The summed E-state index contributed by atoms with van der Waals surface area (Å²) in [5.41, 5.74) is 0.948. The van der Waals surface area contributed by atoms with E-state index < -0.39 is 11.6 Å². The molecule has 1 N–H and O–H groups in total. The Bertz CT molecular complexity index is 650. The van der Waals surface area contributed by atoms with Gasteiger partial charge in [0.25, 0.3) is 0 Å². The third-order valence-electron chi connectivity index (χ3n) is 2.90. The monoisotopic (exact) mass is 357 g/mol. The summed E-state index contributed by atoms with van der Waals surface area (Å²) in [5.74, 6) is 0.143. The molecule has 112 valence electrons. The number of rotatable bonds is 5. The van der Waals surface area contributed by atoms with Gasteiger partial charge in [-0.2, -0.15) is 0 Å². The summed E-state index contributed by atoms with van der Waals surface area (Å²) in [4.78, 5) is 0. The first-order valence-electron chi connectivity index (χ1n) is 6.14. The van der Waals surface area contributed by atoms with Crippen LogP contribution in [0.3, 0.4) is 0 Å². The van der Waals surface area contributed by atoms with Gasteiger partial charge < -0.3 is 14.8 Å². The molecule has 0 fully saturated rings. The highest BCUT2D eigenvalue weighted by molar-refractivity contribution is 9.10. The van der Waals surface area contributed by atoms with Crippen molar-refractivity contribution in [2.75, 3.05) is 19.5 Å². The molecule has 0 saturated carbocycles. The number of anilines is 1. The predicted octanol–water partition coefficient (Wildman–Crippen LogP) is 4.36. The van der Waals surface area contributed by atoms with E-state index in [1.54, 1.807) is 13.2 Å². The molecule has 0 spiro atoms. The molecular formula is C15H14BrF2NO2. The number of nitrogens with one attached hydrogen (secondary N) is 1. The number of benzene rings is 2. The fourth-order valence-electron chi connectivity index (χ4n) is 1.90. The van der Waals surface area contributed by atoms with Crippen molar-refractivity contribution in [2.24, 2.45) is 0 Å². The van der Waals surface area contributed by atoms with Gasteiger partial charge in [0.05, 0.1) is 24.4 Å². The highest BCUT2D eigenvalue weighted by atomic mass is 79.9. The van der Waals surface area contributed by atoms with Crippen molar-refractivity contribution < 1.29 is 18.3 Å². The Kier molecular flexibility index (Phi) is 5.01. The van der Waals surface area contributed by atoms with Crippen LogP contribution >= 0.6 is 15.9 Å². The van der Waals surface area contributed by atoms with Crippen LogP contribution in [0.15, 0.2) is 34.8 Å². The van der Waals surface area contributed by atoms with E-state index in [0.29, 0.717) is 18.0 Å². The molecule has 6 heteroatoms. The van der Waals surface area contributed by atoms with Crippen LogP contribution < -0.4 is 14.8 Å². The van der Waals surface area contributed by atoms with E-state index in [1.165, 1.54) is 7.11 Å². The second-order valence-corrected chi connectivity index (χ2v) is 5.15. The fourth-order valence-corrected chi connectivity index (χ4v) is 2.55. The van der Waals surface area contributed by atoms with Gasteiger partial charge in [-0.1, -0.05) is 0 Å². The zero-order valence-electron chi connectivity index (χ0n) is 11.5. The van der Waals surface area contributed by atoms with Crippen molar-refractivity contribution in [3.63, 3.8) is 0 Å². The topological polar surface area (TPSA) is 30.5 Å². The molecule has 2 aromatic rings. The van der Waals surface area contributed by atoms with Gasteiger partial charge in [0.2, 0.25) is 0 Å². The molecule has 0 saturated heterocycles. The Hall–Kier alpha value is -1.82. The summed E-state index contributed by atoms with van der Waals surface area (Å²) >= 11 is 3.38. The number of hydrogen-bond donors (Lipinski definition) is 1. The van der Waals surface area contributed by atoms with E-state index in [2.05, 4.69) is 21.2 Å². The summed E-state index contributed by atoms with van der Waals surface area (Å²) in [5, 5.41) is 2.85. The number of halogens is 3. The van der Waals surface area contributed by atoms with Crippen LogP contribution in [0.1, 0.15) is 5.56 Å². The average molecular weight is 358 g/mol. The first-order valence-corrected chi connectivity index (χ1v) is 6.93. The van der Waals surface area contributed by atoms with Crippen LogP contribution in [0, 0.1) is 11.6 Å². The Morgan fingerprint density at radius 2 is 1.86 bits per heavy atom. The normalized spacial score (nSPS) is 10.3. The van der Waals surface area contributed by atoms with Gasteiger partial charge in [0.15, 0.2) is 11.5 Å². The van der Waals surface area contributed by atoms with E-state index in [9.17, 15) is 8.78 Å². The Morgan fingerprint density at radius 1 is 1.10 bits per heavy atom. The number of hydrogen-bond acceptors (Lipinski definition) is 3. The Balaban J connectivity index is 2.20. The van der Waals surface area contributed by atoms with Gasteiger partial charge in [-0.15, -0.1) is 0 Å². The maximum absolute atomic E-state index is 13.5. The first-order chi connectivity index (χ1) is 10.0. The van der Waals surface area contributed by atoms with Crippen molar-refractivity contribution in [1.29, 1.82) is 0 Å². The van der Waals surface area contributed by atoms with Gasteiger partial charge in [0, 0.05) is 6.54 Å². The van der Waals surface area contributed by atoms with Gasteiger partial charge >= 0.3 is 0 Å². The molecule has 3 nitrogen and oxygen atoms in total. The maximum Gasteiger partial charge on any atom is 0.174 e. The lowest BCUT2D eigenvalue weighted by atomic mass is 10.2. The molecule has 0 radical (unpaired) electrons. The summed E-state index contributed by atoms with van der Waals surface area (Å²) in [6.45, 7) is 0.319. The van der Waals surface area contributed by atoms with Crippen molar-refractivity contribution >= 4 is 21.6 Å². The Labute approximate surface area is 130 Å². The molecule has 2 rings (SSSR count). The highest BCUT2D eigenvalue weighted by Crippen LogP contribution is 2.36. The molecular weight excluding hydrogens is 344 g/mol. The van der Waals surface area contributed by atoms with Crippen LogP contribution in [-0.4, -0.2) is 14.2 Å². The van der Waals surface area contributed by atoms with E-state index in [1.807, 2.05) is 6.07 Å². The molecule has 0 amide bonds. The SMILES string of the molecule is COc1cc(CNc2cc(F)ccc2F)cc(Br)c1OC. The average Bonchev–Trinajstić information content (AvgIpc) is 2.47. The van der Waals surface area contributed by atoms with Crippen LogP contribution in [0.4, 0.5) is 14.5 Å². The molecule has 21 heavy (non-hydrogen) atoms. The minimum Gasteiger partial charge on any atom is -0.493 e. The van der Waals surface area contributed by atoms with Gasteiger partial charge in [-0.3, -0.25) is 0 Å². The lowest BCUT2D eigenvalue weighted by molar-refractivity contribution is 0.352. The zero-order valence-corrected chi connectivity index (χ0v) is 13.1. The summed E-state index contributed by atoms with van der Waals surface area (Å²) < 4.78 is 37.8. The lowest BCUT2D eigenvalue weighted by Gasteiger charge is -2.13. The van der Waals surface area contributed by atoms with Crippen molar-refractivity contribution in [2.45, 2.75) is 6.54 Å². The molecule has 0 heterocycles. The minimum absolute atomic E-state index is 0.112. The number of ether oxygens (including phenoxy) is 2. The molecule has 2 aromatic carbocycles. The molecule has 0 bridgehead atoms. The minimum atomic E-state index is -0.504. The standard InChI is InChI=1S/C15H14BrF2NO2/c1-20-14-6-9(5-11(16)15(14)21-2)8-19-13-7-10(17)3-4-12(13)18/h3-7,19H,8H2,1-2H3. The second kappa shape index (κ2) is 6.76. The quantitative estimate of drug-likeness (QED) is 0.862. The predicted molar refractivity (Wildman–Crippen MR) is 80.9 cm³/mol. The highest BCUT2D eigenvalue weighted by Gasteiger charge is 2.11. The lowest BCUT2D eigenvalue weighted by Crippen LogP contribution is -2.03. The molecule has 0 atom stereocenters. The molecule has 0 aliphatic heterocycles. The zero-order chi connectivity index (χ0) is 15.4. The van der Waals surface area contributed by atoms with E-state index in [0.717, 1.165) is 28.2 Å². The molecule has 0 aromatic heterocycles. The van der Waals surface area contributed by atoms with Crippen LogP contribution in [0.2, 0.25) is 0 Å². The third-order valence-corrected chi connectivity index (χ3v) is 3.49. The van der Waals surface area contributed by atoms with Gasteiger partial charge in [-0.25, -0.2) is 8.78 Å². The van der Waals surface area contributed by atoms with Gasteiger partial charge in [-0.05, 0) is 51.8 Å². The number of methoxy groups -OCH3 is 2. The van der Waals surface area contributed by atoms with Crippen LogP contribution in [0.25, 0.3) is 0 Å². The third kappa shape index (κ3) is 3.64. The van der Waals surface area contributed by atoms with E-state index in [4.69, 9.17) is 9.47 Å². The van der Waals surface area contributed by atoms with Crippen LogP contribution in [-0.2, 0) is 6.54 Å². The molecule has 0 unspecified atom stereocenters. The maximum atomic E-state index is 13.5. The van der Waals surface area contributed by atoms with Crippen LogP contribution in [0.5, 0.6) is 11.5 Å². The summed E-state index contributed by atoms with van der Waals surface area (Å²) in [7, 11) is 3.08. The molecule has 0 aliphatic carbocycles. The van der Waals surface area contributed by atoms with E-state index >= 15 is 0 Å². The summed E-state index contributed by atoms with van der Waals surface area (Å²) in [6.07, 6.45) is 0. The first kappa shape index (κ1) is 15.6. The smallest absolute Gasteiger partial charge is 0.174 e. The molecule has 0 aliphatic rings. The van der Waals surface area contributed by atoms with Crippen molar-refractivity contribution in [3.8, 4) is 11.5 Å². The Morgan fingerprint density at radius 3 is 2.52 bits per heavy atom. The summed E-state index contributed by atoms with van der Waals surface area (Å²) in [6, 6.07) is 6.88. The fraction of sp³-hybridized carbons (Fsp3) is 0.200. The van der Waals surface area contributed by atoms with Crippen molar-refractivity contribution in [3.05, 3.63) is 52.0 Å². The van der Waals surface area contributed by atoms with Gasteiger partial charge in [0.1, 0.15) is 11.6 Å². The van der Waals surface area contributed by atoms with E-state index in [-0.39, 0.29) is 5.69 Å². The largest absolute Gasteiger partial charge is 0.493 e. The second-order valence-electron chi connectivity index (χ2n) is 4.29.